The Kier molecular flexibility index (Phi) is 4.71. The fraction of sp³-hybridized carbons (Fsp3) is 0.235. The minimum atomic E-state index is -0.700. The molecule has 0 aliphatic carbocycles. The molecule has 0 aromatic heterocycles. The maximum Gasteiger partial charge on any atom is 0.233 e. The van der Waals surface area contributed by atoms with Gasteiger partial charge < -0.3 is 10.0 Å². The van der Waals surface area contributed by atoms with Gasteiger partial charge in [-0.2, -0.15) is 0 Å². The first-order valence-corrected chi connectivity index (χ1v) is 8.48. The number of amides is 1. The molecule has 0 saturated carbocycles. The van der Waals surface area contributed by atoms with E-state index in [0.29, 0.717) is 10.8 Å². The molecule has 0 radical (unpaired) electrons. The van der Waals surface area contributed by atoms with Gasteiger partial charge in [-0.1, -0.05) is 60.1 Å². The van der Waals surface area contributed by atoms with E-state index in [1.807, 2.05) is 54.6 Å². The normalized spacial score (nSPS) is 19.5. The molecule has 0 bridgehead atoms. The molecule has 1 N–H and O–H groups in total. The predicted molar refractivity (Wildman–Crippen MR) is 89.8 cm³/mol. The molecule has 0 spiro atoms. The number of carbonyl (C=O) groups is 1. The van der Waals surface area contributed by atoms with Crippen LogP contribution in [0.1, 0.15) is 22.6 Å². The van der Waals surface area contributed by atoms with Gasteiger partial charge in [0.15, 0.2) is 0 Å². The van der Waals surface area contributed by atoms with Gasteiger partial charge in [-0.3, -0.25) is 4.79 Å². The summed E-state index contributed by atoms with van der Waals surface area (Å²) in [6.07, 6.45) is -0.700. The van der Waals surface area contributed by atoms with E-state index in [2.05, 4.69) is 0 Å². The standard InChI is InChI=1S/C17H16ClNO2S/c18-14-9-5-4-8-13(14)17-19(16(21)11-22-17)10-15(20)12-6-2-1-3-7-12/h1-9,15,17,20H,10-11H2/t15-,17-/m0/s1. The van der Waals surface area contributed by atoms with Gasteiger partial charge in [0.2, 0.25) is 5.91 Å². The van der Waals surface area contributed by atoms with Crippen LogP contribution < -0.4 is 0 Å². The summed E-state index contributed by atoms with van der Waals surface area (Å²) in [4.78, 5) is 13.9. The Balaban J connectivity index is 1.81. The molecule has 1 heterocycles. The van der Waals surface area contributed by atoms with Gasteiger partial charge in [0, 0.05) is 10.6 Å². The van der Waals surface area contributed by atoms with E-state index >= 15 is 0 Å². The Labute approximate surface area is 138 Å². The van der Waals surface area contributed by atoms with E-state index in [-0.39, 0.29) is 17.8 Å². The van der Waals surface area contributed by atoms with Crippen molar-refractivity contribution >= 4 is 29.3 Å². The monoisotopic (exact) mass is 333 g/mol. The number of nitrogens with zero attached hydrogens (tertiary/aromatic N) is 1. The van der Waals surface area contributed by atoms with Gasteiger partial charge in [-0.25, -0.2) is 0 Å². The lowest BCUT2D eigenvalue weighted by Crippen LogP contribution is -2.32. The number of halogens is 1. The minimum absolute atomic E-state index is 0.0323. The van der Waals surface area contributed by atoms with E-state index in [0.717, 1.165) is 11.1 Å². The Morgan fingerprint density at radius 3 is 2.59 bits per heavy atom. The third-order valence-corrected chi connectivity index (χ3v) is 5.28. The zero-order valence-electron chi connectivity index (χ0n) is 11.9. The molecule has 3 rings (SSSR count). The quantitative estimate of drug-likeness (QED) is 0.928. The minimum Gasteiger partial charge on any atom is -0.387 e. The number of hydrogen-bond acceptors (Lipinski definition) is 3. The summed E-state index contributed by atoms with van der Waals surface area (Å²) in [5.41, 5.74) is 1.73. The van der Waals surface area contributed by atoms with Crippen molar-refractivity contribution < 1.29 is 9.90 Å². The number of benzene rings is 2. The number of aliphatic hydroxyl groups is 1. The summed E-state index contributed by atoms with van der Waals surface area (Å²) in [6, 6.07) is 16.9. The summed E-state index contributed by atoms with van der Waals surface area (Å²) in [6.45, 7) is 0.270. The second-order valence-electron chi connectivity index (χ2n) is 5.16. The van der Waals surface area contributed by atoms with Crippen LogP contribution in [0.2, 0.25) is 5.02 Å². The molecule has 1 saturated heterocycles. The zero-order chi connectivity index (χ0) is 15.5. The van der Waals surface area contributed by atoms with Crippen molar-refractivity contribution in [1.82, 2.24) is 4.90 Å². The zero-order valence-corrected chi connectivity index (χ0v) is 13.4. The Bertz CT molecular complexity index is 665. The summed E-state index contributed by atoms with van der Waals surface area (Å²) < 4.78 is 0. The third-order valence-electron chi connectivity index (χ3n) is 3.69. The number of β-amino-alcohol motifs (C(OH)–C–C–N with tert-alkyl or cyclic N) is 1. The topological polar surface area (TPSA) is 40.5 Å². The first-order valence-electron chi connectivity index (χ1n) is 7.05. The summed E-state index contributed by atoms with van der Waals surface area (Å²) in [7, 11) is 0. The highest BCUT2D eigenvalue weighted by Gasteiger charge is 2.35. The van der Waals surface area contributed by atoms with E-state index in [4.69, 9.17) is 11.6 Å². The van der Waals surface area contributed by atoms with E-state index in [9.17, 15) is 9.90 Å². The van der Waals surface area contributed by atoms with Gasteiger partial charge in [0.1, 0.15) is 5.37 Å². The lowest BCUT2D eigenvalue weighted by atomic mass is 10.1. The number of thioether (sulfide) groups is 1. The molecule has 0 unspecified atom stereocenters. The van der Waals surface area contributed by atoms with Crippen molar-refractivity contribution in [1.29, 1.82) is 0 Å². The van der Waals surface area contributed by atoms with Crippen LogP contribution in [0.3, 0.4) is 0 Å². The Hall–Kier alpha value is -1.49. The van der Waals surface area contributed by atoms with E-state index in [1.54, 1.807) is 16.7 Å². The van der Waals surface area contributed by atoms with Gasteiger partial charge in [0.05, 0.1) is 18.4 Å². The molecule has 2 aromatic carbocycles. The van der Waals surface area contributed by atoms with Crippen LogP contribution in [0.15, 0.2) is 54.6 Å². The largest absolute Gasteiger partial charge is 0.387 e. The fourth-order valence-corrected chi connectivity index (χ4v) is 4.09. The molecule has 22 heavy (non-hydrogen) atoms. The highest BCUT2D eigenvalue weighted by Crippen LogP contribution is 2.42. The van der Waals surface area contributed by atoms with Gasteiger partial charge >= 0.3 is 0 Å². The highest BCUT2D eigenvalue weighted by molar-refractivity contribution is 8.00. The van der Waals surface area contributed by atoms with Crippen LogP contribution in [-0.4, -0.2) is 28.2 Å². The van der Waals surface area contributed by atoms with Crippen LogP contribution in [0, 0.1) is 0 Å². The lowest BCUT2D eigenvalue weighted by Gasteiger charge is -2.27. The average Bonchev–Trinajstić information content (AvgIpc) is 2.90. The lowest BCUT2D eigenvalue weighted by molar-refractivity contribution is -0.129. The molecular formula is C17H16ClNO2S. The second-order valence-corrected chi connectivity index (χ2v) is 6.63. The van der Waals surface area contributed by atoms with E-state index in [1.165, 1.54) is 0 Å². The highest BCUT2D eigenvalue weighted by atomic mass is 35.5. The molecule has 5 heteroatoms. The van der Waals surface area contributed by atoms with Gasteiger partial charge in [0.25, 0.3) is 0 Å². The van der Waals surface area contributed by atoms with Gasteiger partial charge in [-0.05, 0) is 11.6 Å². The molecule has 3 nitrogen and oxygen atoms in total. The van der Waals surface area contributed by atoms with Crippen molar-refractivity contribution in [3.05, 3.63) is 70.7 Å². The number of rotatable bonds is 4. The molecular weight excluding hydrogens is 318 g/mol. The Morgan fingerprint density at radius 2 is 1.86 bits per heavy atom. The Morgan fingerprint density at radius 1 is 1.18 bits per heavy atom. The number of hydrogen-bond donors (Lipinski definition) is 1. The van der Waals surface area contributed by atoms with Crippen molar-refractivity contribution in [2.24, 2.45) is 0 Å². The van der Waals surface area contributed by atoms with Crippen LogP contribution >= 0.6 is 23.4 Å². The summed E-state index contributed by atoms with van der Waals surface area (Å²) >= 11 is 7.80. The fourth-order valence-electron chi connectivity index (χ4n) is 2.55. The number of aliphatic hydroxyl groups excluding tert-OH is 1. The van der Waals surface area contributed by atoms with Crippen LogP contribution in [0.4, 0.5) is 0 Å². The molecule has 1 aliphatic heterocycles. The maximum absolute atomic E-state index is 12.2. The third kappa shape index (κ3) is 3.14. The first-order chi connectivity index (χ1) is 10.7. The van der Waals surface area contributed by atoms with Crippen molar-refractivity contribution in [3.63, 3.8) is 0 Å². The van der Waals surface area contributed by atoms with Crippen molar-refractivity contribution in [3.8, 4) is 0 Å². The second kappa shape index (κ2) is 6.73. The molecule has 2 aromatic rings. The molecule has 1 aliphatic rings. The molecule has 114 valence electrons. The SMILES string of the molecule is O=C1CS[C@@H](c2ccccc2Cl)N1C[C@H](O)c1ccccc1. The first kappa shape index (κ1) is 15.4. The van der Waals surface area contributed by atoms with Gasteiger partial charge in [-0.15, -0.1) is 11.8 Å². The molecule has 1 fully saturated rings. The van der Waals surface area contributed by atoms with E-state index < -0.39 is 6.10 Å². The average molecular weight is 334 g/mol. The summed E-state index contributed by atoms with van der Waals surface area (Å²) in [5, 5.41) is 10.9. The van der Waals surface area contributed by atoms with Crippen molar-refractivity contribution in [2.75, 3.05) is 12.3 Å². The smallest absolute Gasteiger partial charge is 0.233 e. The van der Waals surface area contributed by atoms with Crippen LogP contribution in [0.25, 0.3) is 0 Å². The molecule has 2 atom stereocenters. The van der Waals surface area contributed by atoms with Crippen molar-refractivity contribution in [2.45, 2.75) is 11.5 Å². The maximum atomic E-state index is 12.2. The van der Waals surface area contributed by atoms with Crippen LogP contribution in [0.5, 0.6) is 0 Å². The predicted octanol–water partition coefficient (Wildman–Crippen LogP) is 3.65. The number of carbonyl (C=O) groups excluding carboxylic acids is 1. The summed E-state index contributed by atoms with van der Waals surface area (Å²) in [5.74, 6) is 0.446. The van der Waals surface area contributed by atoms with Crippen LogP contribution in [-0.2, 0) is 4.79 Å². The molecule has 1 amide bonds.